The number of benzene rings is 1. The van der Waals surface area contributed by atoms with Crippen LogP contribution >= 0.6 is 0 Å². The van der Waals surface area contributed by atoms with Crippen LogP contribution in [-0.4, -0.2) is 11.5 Å². The van der Waals surface area contributed by atoms with Crippen LogP contribution in [0.15, 0.2) is 36.5 Å². The molecule has 0 fully saturated rings. The lowest BCUT2D eigenvalue weighted by atomic mass is 10.2. The topological polar surface area (TPSA) is 57.9 Å². The maximum atomic E-state index is 13.4. The average Bonchev–Trinajstić information content (AvgIpc) is 2.40. The summed E-state index contributed by atoms with van der Waals surface area (Å²) in [5.41, 5.74) is -0.107. The lowest BCUT2D eigenvalue weighted by molar-refractivity contribution is 0.474. The van der Waals surface area contributed by atoms with Crippen LogP contribution in [0, 0.1) is 17.1 Å². The molecule has 2 rings (SSSR count). The molecule has 1 aromatic heterocycles. The standard InChI is InChI=1S/C14H12FN3O/c1-2-17-14-8-10(6-7-18-14)19-13-5-3-4-12(15)11(13)9-16/h3-8H,2H2,1H3,(H,17,18). The molecule has 1 heterocycles. The number of anilines is 1. The number of aromatic nitrogens is 1. The summed E-state index contributed by atoms with van der Waals surface area (Å²) in [6.45, 7) is 2.69. The summed E-state index contributed by atoms with van der Waals surface area (Å²) in [4.78, 5) is 4.10. The summed E-state index contributed by atoms with van der Waals surface area (Å²) >= 11 is 0. The van der Waals surface area contributed by atoms with Crippen molar-refractivity contribution < 1.29 is 9.13 Å². The van der Waals surface area contributed by atoms with Gasteiger partial charge in [0.15, 0.2) is 0 Å². The second-order valence-corrected chi connectivity index (χ2v) is 3.73. The first-order valence-electron chi connectivity index (χ1n) is 5.81. The largest absolute Gasteiger partial charge is 0.456 e. The monoisotopic (exact) mass is 257 g/mol. The fourth-order valence-corrected chi connectivity index (χ4v) is 1.58. The molecule has 0 amide bonds. The number of nitrogens with zero attached hydrogens (tertiary/aromatic N) is 2. The Labute approximate surface area is 110 Å². The van der Waals surface area contributed by atoms with E-state index in [0.717, 1.165) is 6.54 Å². The number of hydrogen-bond acceptors (Lipinski definition) is 4. The van der Waals surface area contributed by atoms with Crippen molar-refractivity contribution in [3.05, 3.63) is 47.9 Å². The summed E-state index contributed by atoms with van der Waals surface area (Å²) in [7, 11) is 0. The minimum absolute atomic E-state index is 0.107. The molecule has 0 saturated heterocycles. The van der Waals surface area contributed by atoms with Crippen molar-refractivity contribution in [2.24, 2.45) is 0 Å². The molecule has 0 atom stereocenters. The molecule has 96 valence electrons. The molecule has 2 aromatic rings. The molecule has 5 heteroatoms. The third kappa shape index (κ3) is 2.99. The number of halogens is 1. The van der Waals surface area contributed by atoms with Gasteiger partial charge in [0.2, 0.25) is 0 Å². The highest BCUT2D eigenvalue weighted by Crippen LogP contribution is 2.27. The van der Waals surface area contributed by atoms with E-state index in [1.807, 2.05) is 6.92 Å². The number of ether oxygens (including phenoxy) is 1. The van der Waals surface area contributed by atoms with E-state index in [4.69, 9.17) is 10.00 Å². The second-order valence-electron chi connectivity index (χ2n) is 3.73. The van der Waals surface area contributed by atoms with Crippen molar-refractivity contribution in [2.45, 2.75) is 6.92 Å². The number of hydrogen-bond donors (Lipinski definition) is 1. The highest BCUT2D eigenvalue weighted by molar-refractivity contribution is 5.48. The zero-order chi connectivity index (χ0) is 13.7. The molecule has 0 radical (unpaired) electrons. The molecule has 0 bridgehead atoms. The van der Waals surface area contributed by atoms with Gasteiger partial charge in [-0.05, 0) is 25.1 Å². The van der Waals surface area contributed by atoms with Gasteiger partial charge in [-0.25, -0.2) is 9.37 Å². The number of rotatable bonds is 4. The highest BCUT2D eigenvalue weighted by Gasteiger charge is 2.10. The molecule has 1 aromatic carbocycles. The zero-order valence-electron chi connectivity index (χ0n) is 10.4. The van der Waals surface area contributed by atoms with Gasteiger partial charge < -0.3 is 10.1 Å². The molecule has 0 unspecified atom stereocenters. The van der Waals surface area contributed by atoms with Crippen molar-refractivity contribution in [2.75, 3.05) is 11.9 Å². The smallest absolute Gasteiger partial charge is 0.148 e. The molecule has 0 aliphatic rings. The first kappa shape index (κ1) is 12.8. The van der Waals surface area contributed by atoms with Crippen LogP contribution in [0.1, 0.15) is 12.5 Å². The Morgan fingerprint density at radius 1 is 1.42 bits per heavy atom. The third-order valence-corrected chi connectivity index (χ3v) is 2.40. The maximum absolute atomic E-state index is 13.4. The van der Waals surface area contributed by atoms with E-state index in [1.54, 1.807) is 30.5 Å². The van der Waals surface area contributed by atoms with E-state index in [0.29, 0.717) is 11.6 Å². The van der Waals surface area contributed by atoms with Crippen LogP contribution in [-0.2, 0) is 0 Å². The Bertz CT molecular complexity index is 622. The first-order chi connectivity index (χ1) is 9.24. The maximum Gasteiger partial charge on any atom is 0.148 e. The van der Waals surface area contributed by atoms with Crippen molar-refractivity contribution >= 4 is 5.82 Å². The molecule has 0 saturated carbocycles. The van der Waals surface area contributed by atoms with Gasteiger partial charge in [0.05, 0.1) is 0 Å². The molecular weight excluding hydrogens is 245 g/mol. The van der Waals surface area contributed by atoms with Gasteiger partial charge in [0.1, 0.15) is 34.8 Å². The number of nitriles is 1. The molecule has 1 N–H and O–H groups in total. The Hall–Kier alpha value is -2.61. The zero-order valence-corrected chi connectivity index (χ0v) is 10.4. The van der Waals surface area contributed by atoms with Gasteiger partial charge in [-0.3, -0.25) is 0 Å². The molecular formula is C14H12FN3O. The van der Waals surface area contributed by atoms with Crippen molar-refractivity contribution in [3.8, 4) is 17.6 Å². The molecule has 19 heavy (non-hydrogen) atoms. The van der Waals surface area contributed by atoms with Crippen LogP contribution in [0.5, 0.6) is 11.5 Å². The van der Waals surface area contributed by atoms with Gasteiger partial charge >= 0.3 is 0 Å². The van der Waals surface area contributed by atoms with Crippen molar-refractivity contribution in [3.63, 3.8) is 0 Å². The summed E-state index contributed by atoms with van der Waals surface area (Å²) in [6, 6.07) is 9.40. The lowest BCUT2D eigenvalue weighted by Crippen LogP contribution is -1.99. The van der Waals surface area contributed by atoms with Gasteiger partial charge in [-0.1, -0.05) is 6.07 Å². The van der Waals surface area contributed by atoms with E-state index in [-0.39, 0.29) is 11.3 Å². The second kappa shape index (κ2) is 5.83. The van der Waals surface area contributed by atoms with Crippen LogP contribution in [0.4, 0.5) is 10.2 Å². The predicted molar refractivity (Wildman–Crippen MR) is 69.6 cm³/mol. The predicted octanol–water partition coefficient (Wildman–Crippen LogP) is 3.32. The fourth-order valence-electron chi connectivity index (χ4n) is 1.58. The Morgan fingerprint density at radius 3 is 3.00 bits per heavy atom. The van der Waals surface area contributed by atoms with E-state index in [9.17, 15) is 4.39 Å². The summed E-state index contributed by atoms with van der Waals surface area (Å²) < 4.78 is 19.0. The third-order valence-electron chi connectivity index (χ3n) is 2.40. The Balaban J connectivity index is 2.29. The van der Waals surface area contributed by atoms with E-state index in [2.05, 4.69) is 10.3 Å². The van der Waals surface area contributed by atoms with Crippen LogP contribution in [0.3, 0.4) is 0 Å². The minimum Gasteiger partial charge on any atom is -0.456 e. The molecule has 0 spiro atoms. The number of nitrogens with one attached hydrogen (secondary N) is 1. The average molecular weight is 257 g/mol. The van der Waals surface area contributed by atoms with E-state index < -0.39 is 5.82 Å². The van der Waals surface area contributed by atoms with Crippen LogP contribution in [0.2, 0.25) is 0 Å². The quantitative estimate of drug-likeness (QED) is 0.912. The molecule has 4 nitrogen and oxygen atoms in total. The fraction of sp³-hybridized carbons (Fsp3) is 0.143. The molecule has 0 aliphatic heterocycles. The first-order valence-corrected chi connectivity index (χ1v) is 5.81. The van der Waals surface area contributed by atoms with Gasteiger partial charge in [0, 0.05) is 18.8 Å². The van der Waals surface area contributed by atoms with Crippen LogP contribution in [0.25, 0.3) is 0 Å². The van der Waals surface area contributed by atoms with Crippen LogP contribution < -0.4 is 10.1 Å². The highest BCUT2D eigenvalue weighted by atomic mass is 19.1. The molecule has 0 aliphatic carbocycles. The van der Waals surface area contributed by atoms with Crippen molar-refractivity contribution in [1.29, 1.82) is 5.26 Å². The summed E-state index contributed by atoms with van der Waals surface area (Å²) in [6.07, 6.45) is 1.58. The summed E-state index contributed by atoms with van der Waals surface area (Å²) in [5, 5.41) is 12.0. The Kier molecular flexibility index (Phi) is 3.94. The summed E-state index contributed by atoms with van der Waals surface area (Å²) in [5.74, 6) is 0.750. The number of pyridine rings is 1. The van der Waals surface area contributed by atoms with Gasteiger partial charge in [-0.2, -0.15) is 5.26 Å². The van der Waals surface area contributed by atoms with Gasteiger partial charge in [-0.15, -0.1) is 0 Å². The van der Waals surface area contributed by atoms with E-state index in [1.165, 1.54) is 12.1 Å². The van der Waals surface area contributed by atoms with E-state index >= 15 is 0 Å². The Morgan fingerprint density at radius 2 is 2.26 bits per heavy atom. The minimum atomic E-state index is -0.596. The SMILES string of the molecule is CCNc1cc(Oc2cccc(F)c2C#N)ccn1. The normalized spacial score (nSPS) is 9.74. The van der Waals surface area contributed by atoms with Gasteiger partial charge in [0.25, 0.3) is 0 Å². The van der Waals surface area contributed by atoms with Crippen molar-refractivity contribution in [1.82, 2.24) is 4.98 Å². The lowest BCUT2D eigenvalue weighted by Gasteiger charge is -2.09.